The summed E-state index contributed by atoms with van der Waals surface area (Å²) < 4.78 is 0. The third-order valence-electron chi connectivity index (χ3n) is 2.51. The summed E-state index contributed by atoms with van der Waals surface area (Å²) in [4.78, 5) is 11.7. The molecular formula is C12H19ClN2O. The molecule has 0 aromatic heterocycles. The van der Waals surface area contributed by atoms with Crippen LogP contribution in [0.5, 0.6) is 0 Å². The lowest BCUT2D eigenvalue weighted by molar-refractivity contribution is -0.128. The van der Waals surface area contributed by atoms with Crippen LogP contribution in [-0.4, -0.2) is 12.5 Å². The van der Waals surface area contributed by atoms with Crippen molar-refractivity contribution in [2.75, 3.05) is 6.54 Å². The number of allylic oxidation sites excluding steroid dienone is 2. The van der Waals surface area contributed by atoms with Crippen molar-refractivity contribution in [3.8, 4) is 0 Å². The highest BCUT2D eigenvalue weighted by atomic mass is 35.5. The molecule has 0 unspecified atom stereocenters. The van der Waals surface area contributed by atoms with Gasteiger partial charge in [-0.05, 0) is 25.0 Å². The van der Waals surface area contributed by atoms with Gasteiger partial charge < -0.3 is 10.6 Å². The van der Waals surface area contributed by atoms with E-state index in [1.165, 1.54) is 5.57 Å². The third-order valence-corrected chi connectivity index (χ3v) is 2.76. The molecule has 0 aromatic carbocycles. The topological polar surface area (TPSA) is 41.1 Å². The van der Waals surface area contributed by atoms with Gasteiger partial charge in [0.25, 0.3) is 0 Å². The van der Waals surface area contributed by atoms with Gasteiger partial charge in [0.1, 0.15) is 5.16 Å². The number of hydrogen-bond donors (Lipinski definition) is 2. The Morgan fingerprint density at radius 2 is 2.19 bits per heavy atom. The summed E-state index contributed by atoms with van der Waals surface area (Å²) in [5.41, 5.74) is 1.85. The molecule has 0 aromatic rings. The maximum atomic E-state index is 11.7. The lowest BCUT2D eigenvalue weighted by Gasteiger charge is -2.21. The Morgan fingerprint density at radius 3 is 2.69 bits per heavy atom. The summed E-state index contributed by atoms with van der Waals surface area (Å²) in [6.07, 6.45) is 2.70. The van der Waals surface area contributed by atoms with E-state index in [2.05, 4.69) is 10.6 Å². The van der Waals surface area contributed by atoms with Crippen LogP contribution in [0.25, 0.3) is 0 Å². The van der Waals surface area contributed by atoms with Crippen molar-refractivity contribution in [1.29, 1.82) is 0 Å². The van der Waals surface area contributed by atoms with E-state index in [1.54, 1.807) is 0 Å². The molecular weight excluding hydrogens is 224 g/mol. The van der Waals surface area contributed by atoms with E-state index in [4.69, 9.17) is 11.6 Å². The van der Waals surface area contributed by atoms with Crippen LogP contribution in [0.15, 0.2) is 22.5 Å². The summed E-state index contributed by atoms with van der Waals surface area (Å²) in [5, 5.41) is 6.63. The maximum Gasteiger partial charge on any atom is 0.225 e. The zero-order chi connectivity index (χ0) is 12.3. The predicted molar refractivity (Wildman–Crippen MR) is 66.9 cm³/mol. The van der Waals surface area contributed by atoms with Gasteiger partial charge in [-0.1, -0.05) is 32.4 Å². The quantitative estimate of drug-likeness (QED) is 0.731. The van der Waals surface area contributed by atoms with Crippen LogP contribution >= 0.6 is 11.6 Å². The van der Waals surface area contributed by atoms with Crippen molar-refractivity contribution in [3.63, 3.8) is 0 Å². The van der Waals surface area contributed by atoms with E-state index in [9.17, 15) is 4.79 Å². The molecule has 1 amide bonds. The zero-order valence-corrected chi connectivity index (χ0v) is 11.0. The number of dihydropyridines is 1. The smallest absolute Gasteiger partial charge is 0.225 e. The van der Waals surface area contributed by atoms with Crippen molar-refractivity contribution in [2.45, 2.75) is 34.1 Å². The molecule has 1 aliphatic rings. The number of nitrogens with one attached hydrogen (secondary N) is 2. The van der Waals surface area contributed by atoms with E-state index in [1.807, 2.05) is 33.8 Å². The molecule has 0 radical (unpaired) electrons. The third kappa shape index (κ3) is 3.56. The fourth-order valence-electron chi connectivity index (χ4n) is 1.34. The first-order valence-electron chi connectivity index (χ1n) is 5.40. The summed E-state index contributed by atoms with van der Waals surface area (Å²) >= 11 is 5.84. The second kappa shape index (κ2) is 4.91. The minimum atomic E-state index is -0.343. The molecule has 0 aliphatic carbocycles. The largest absolute Gasteiger partial charge is 0.352 e. The molecule has 1 heterocycles. The Kier molecular flexibility index (Phi) is 4.03. The van der Waals surface area contributed by atoms with Gasteiger partial charge in [0.05, 0.1) is 0 Å². The van der Waals surface area contributed by atoms with Crippen molar-refractivity contribution in [1.82, 2.24) is 10.6 Å². The minimum Gasteiger partial charge on any atom is -0.352 e. The Hall–Kier alpha value is -0.960. The first kappa shape index (κ1) is 13.1. The monoisotopic (exact) mass is 242 g/mol. The highest BCUT2D eigenvalue weighted by Crippen LogP contribution is 2.18. The van der Waals surface area contributed by atoms with Gasteiger partial charge in [0, 0.05) is 17.7 Å². The maximum absolute atomic E-state index is 11.7. The van der Waals surface area contributed by atoms with Gasteiger partial charge in [0.2, 0.25) is 5.91 Å². The van der Waals surface area contributed by atoms with E-state index >= 15 is 0 Å². The number of rotatable bonds is 2. The summed E-state index contributed by atoms with van der Waals surface area (Å²) in [6.45, 7) is 8.25. The van der Waals surface area contributed by atoms with Crippen LogP contribution in [0.3, 0.4) is 0 Å². The number of hydrogen-bond acceptors (Lipinski definition) is 2. The second-order valence-electron chi connectivity index (χ2n) is 5.04. The van der Waals surface area contributed by atoms with Gasteiger partial charge in [-0.15, -0.1) is 0 Å². The molecule has 0 fully saturated rings. The van der Waals surface area contributed by atoms with Crippen LogP contribution in [0.4, 0.5) is 0 Å². The molecule has 0 saturated heterocycles. The highest BCUT2D eigenvalue weighted by molar-refractivity contribution is 6.29. The second-order valence-corrected chi connectivity index (χ2v) is 5.45. The normalized spacial score (nSPS) is 16.7. The SMILES string of the molecule is CC1=C(CNC(=O)C(C)(C)C)CC=C(Cl)N1. The van der Waals surface area contributed by atoms with Crippen LogP contribution in [-0.2, 0) is 4.79 Å². The molecule has 90 valence electrons. The molecule has 0 atom stereocenters. The summed E-state index contributed by atoms with van der Waals surface area (Å²) in [7, 11) is 0. The van der Waals surface area contributed by atoms with Gasteiger partial charge in [-0.3, -0.25) is 4.79 Å². The number of halogens is 1. The zero-order valence-electron chi connectivity index (χ0n) is 10.3. The molecule has 1 rings (SSSR count). The molecule has 2 N–H and O–H groups in total. The Balaban J connectivity index is 2.51. The average molecular weight is 243 g/mol. The molecule has 0 bridgehead atoms. The van der Waals surface area contributed by atoms with Gasteiger partial charge in [0.15, 0.2) is 0 Å². The van der Waals surface area contributed by atoms with E-state index in [0.717, 1.165) is 12.1 Å². The van der Waals surface area contributed by atoms with E-state index < -0.39 is 0 Å². The molecule has 4 heteroatoms. The Labute approximate surface area is 102 Å². The predicted octanol–water partition coefficient (Wildman–Crippen LogP) is 2.50. The van der Waals surface area contributed by atoms with Crippen LogP contribution < -0.4 is 10.6 Å². The van der Waals surface area contributed by atoms with Gasteiger partial charge in [-0.25, -0.2) is 0 Å². The average Bonchev–Trinajstić information content (AvgIpc) is 2.14. The van der Waals surface area contributed by atoms with Crippen molar-refractivity contribution >= 4 is 17.5 Å². The molecule has 1 aliphatic heterocycles. The lowest BCUT2D eigenvalue weighted by atomic mass is 9.95. The van der Waals surface area contributed by atoms with Crippen LogP contribution in [0, 0.1) is 5.41 Å². The lowest BCUT2D eigenvalue weighted by Crippen LogP contribution is -2.36. The summed E-state index contributed by atoms with van der Waals surface area (Å²) in [6, 6.07) is 0. The van der Waals surface area contributed by atoms with E-state index in [0.29, 0.717) is 11.7 Å². The van der Waals surface area contributed by atoms with Crippen molar-refractivity contribution in [2.24, 2.45) is 5.41 Å². The Morgan fingerprint density at radius 1 is 1.56 bits per heavy atom. The molecule has 0 saturated carbocycles. The van der Waals surface area contributed by atoms with Crippen LogP contribution in [0.1, 0.15) is 34.1 Å². The molecule has 16 heavy (non-hydrogen) atoms. The summed E-state index contributed by atoms with van der Waals surface area (Å²) in [5.74, 6) is 0.0634. The van der Waals surface area contributed by atoms with Gasteiger partial charge >= 0.3 is 0 Å². The van der Waals surface area contributed by atoms with Crippen molar-refractivity contribution < 1.29 is 4.79 Å². The minimum absolute atomic E-state index is 0.0634. The molecule has 3 nitrogen and oxygen atoms in total. The van der Waals surface area contributed by atoms with Crippen molar-refractivity contribution in [3.05, 3.63) is 22.5 Å². The van der Waals surface area contributed by atoms with Gasteiger partial charge in [-0.2, -0.15) is 0 Å². The van der Waals surface area contributed by atoms with E-state index in [-0.39, 0.29) is 11.3 Å². The highest BCUT2D eigenvalue weighted by Gasteiger charge is 2.21. The number of amides is 1. The Bertz CT molecular complexity index is 351. The fourth-order valence-corrected chi connectivity index (χ4v) is 1.56. The first-order valence-corrected chi connectivity index (χ1v) is 5.78. The number of carbonyl (C=O) groups is 1. The van der Waals surface area contributed by atoms with Crippen LogP contribution in [0.2, 0.25) is 0 Å². The number of carbonyl (C=O) groups excluding carboxylic acids is 1. The fraction of sp³-hybridized carbons (Fsp3) is 0.583. The molecule has 0 spiro atoms. The first-order chi connectivity index (χ1) is 7.30. The standard InChI is InChI=1S/C12H19ClN2O/c1-8-9(5-6-10(13)15-8)7-14-11(16)12(2,3)4/h6,15H,5,7H2,1-4H3,(H,14,16).